The average molecular weight is 387 g/mol. The number of fused-ring (bicyclic) bond motifs is 4. The minimum absolute atomic E-state index is 0.369. The molecule has 0 saturated carbocycles. The van der Waals surface area contributed by atoms with Crippen molar-refractivity contribution in [3.05, 3.63) is 0 Å². The molecular weight excluding hydrogens is 348 g/mol. The summed E-state index contributed by atoms with van der Waals surface area (Å²) in [6.45, 7) is 11.7. The van der Waals surface area contributed by atoms with Gasteiger partial charge in [0.25, 0.3) is 0 Å². The Kier molecular flexibility index (Phi) is 7.91. The fraction of sp³-hybridized carbons (Fsp3) is 0.818. The Bertz CT molecular complexity index is 539. The van der Waals surface area contributed by atoms with Crippen LogP contribution in [0.5, 0.6) is 0 Å². The van der Waals surface area contributed by atoms with Crippen molar-refractivity contribution in [3.8, 4) is 0 Å². The number of hydrogen-bond donors (Lipinski definition) is 2. The first-order valence-electron chi connectivity index (χ1n) is 11.1. The summed E-state index contributed by atoms with van der Waals surface area (Å²) in [5, 5.41) is 7.53. The molecule has 3 rings (SSSR count). The molecule has 3 heterocycles. The zero-order valence-electron chi connectivity index (χ0n) is 18.2. The van der Waals surface area contributed by atoms with Gasteiger partial charge in [-0.05, 0) is 66.2 Å². The van der Waals surface area contributed by atoms with Gasteiger partial charge in [0.05, 0.1) is 26.2 Å². The number of aliphatic imine (C=N–C) groups is 4. The summed E-state index contributed by atoms with van der Waals surface area (Å²) >= 11 is 0. The Labute approximate surface area is 170 Å². The highest BCUT2D eigenvalue weighted by Gasteiger charge is 2.25. The molecule has 2 fully saturated rings. The lowest BCUT2D eigenvalue weighted by atomic mass is 9.93. The quantitative estimate of drug-likeness (QED) is 0.672. The van der Waals surface area contributed by atoms with E-state index in [-0.39, 0.29) is 0 Å². The van der Waals surface area contributed by atoms with Crippen molar-refractivity contribution in [3.63, 3.8) is 0 Å². The largest absolute Gasteiger partial charge is 0.301 e. The van der Waals surface area contributed by atoms with Crippen LogP contribution in [0, 0.1) is 0 Å². The summed E-state index contributed by atoms with van der Waals surface area (Å²) in [4.78, 5) is 19.3. The van der Waals surface area contributed by atoms with Crippen LogP contribution in [0.1, 0.15) is 66.2 Å². The second-order valence-corrected chi connectivity index (χ2v) is 8.50. The van der Waals surface area contributed by atoms with Gasteiger partial charge in [0.2, 0.25) is 0 Å². The maximum Gasteiger partial charge on any atom is 0.0585 e. The lowest BCUT2D eigenvalue weighted by Gasteiger charge is -2.32. The fourth-order valence-corrected chi connectivity index (χ4v) is 4.54. The van der Waals surface area contributed by atoms with Crippen molar-refractivity contribution in [1.29, 1.82) is 0 Å². The highest BCUT2D eigenvalue weighted by molar-refractivity contribution is 5.92. The van der Waals surface area contributed by atoms with Gasteiger partial charge in [-0.3, -0.25) is 20.0 Å². The molecule has 2 saturated heterocycles. The molecule has 0 aliphatic carbocycles. The van der Waals surface area contributed by atoms with Crippen molar-refractivity contribution in [1.82, 2.24) is 10.6 Å². The van der Waals surface area contributed by atoms with Gasteiger partial charge >= 0.3 is 0 Å². The van der Waals surface area contributed by atoms with Gasteiger partial charge in [-0.1, -0.05) is 0 Å². The molecule has 4 unspecified atom stereocenters. The first-order valence-corrected chi connectivity index (χ1v) is 11.1. The van der Waals surface area contributed by atoms with Crippen LogP contribution in [0.25, 0.3) is 0 Å². The van der Waals surface area contributed by atoms with E-state index in [0.29, 0.717) is 24.2 Å². The van der Waals surface area contributed by atoms with Crippen molar-refractivity contribution in [2.24, 2.45) is 20.0 Å². The Morgan fingerprint density at radius 2 is 0.750 bits per heavy atom. The van der Waals surface area contributed by atoms with Gasteiger partial charge in [-0.25, -0.2) is 0 Å². The van der Waals surface area contributed by atoms with Crippen LogP contribution in [0.15, 0.2) is 20.0 Å². The average Bonchev–Trinajstić information content (AvgIpc) is 2.73. The fourth-order valence-electron chi connectivity index (χ4n) is 4.54. The summed E-state index contributed by atoms with van der Waals surface area (Å²) in [7, 11) is 0. The third kappa shape index (κ3) is 5.80. The molecule has 28 heavy (non-hydrogen) atoms. The zero-order chi connectivity index (χ0) is 19.9. The SMILES string of the molecule is CC1=NCCN=C(C)C2CCCC(N2)C(C)=NCCN=C(C)C2CCCC1N2. The van der Waals surface area contributed by atoms with Crippen molar-refractivity contribution in [2.75, 3.05) is 26.2 Å². The molecule has 0 aromatic carbocycles. The molecule has 2 N–H and O–H groups in total. The third-order valence-electron chi connectivity index (χ3n) is 6.44. The standard InChI is InChI=1S/C22H38N6/c1-15-19-7-5-8-20(27-19)16(2)25-13-14-26-18(4)22-10-6-9-21(28-22)17(3)24-12-11-23-15/h19-22,27-28H,5-14H2,1-4H3. The van der Waals surface area contributed by atoms with Gasteiger partial charge in [-0.2, -0.15) is 0 Å². The van der Waals surface area contributed by atoms with Crippen LogP contribution < -0.4 is 10.6 Å². The molecule has 4 bridgehead atoms. The molecule has 3 aliphatic heterocycles. The van der Waals surface area contributed by atoms with Crippen LogP contribution in [0.3, 0.4) is 0 Å². The first-order chi connectivity index (χ1) is 13.5. The smallest absolute Gasteiger partial charge is 0.0585 e. The summed E-state index contributed by atoms with van der Waals surface area (Å²) in [5.41, 5.74) is 4.84. The predicted octanol–water partition coefficient (Wildman–Crippen LogP) is 2.87. The Morgan fingerprint density at radius 3 is 1.00 bits per heavy atom. The van der Waals surface area contributed by atoms with E-state index >= 15 is 0 Å². The van der Waals surface area contributed by atoms with Gasteiger partial charge in [-0.15, -0.1) is 0 Å². The molecule has 0 aromatic heterocycles. The van der Waals surface area contributed by atoms with E-state index in [1.54, 1.807) is 0 Å². The van der Waals surface area contributed by atoms with Crippen LogP contribution >= 0.6 is 0 Å². The van der Waals surface area contributed by atoms with E-state index in [9.17, 15) is 0 Å². The number of piperidine rings is 2. The second kappa shape index (κ2) is 10.4. The molecule has 0 amide bonds. The van der Waals surface area contributed by atoms with Gasteiger partial charge < -0.3 is 10.6 Å². The Hall–Kier alpha value is -1.40. The third-order valence-corrected chi connectivity index (χ3v) is 6.44. The van der Waals surface area contributed by atoms with E-state index in [0.717, 1.165) is 51.9 Å². The number of hydrogen-bond acceptors (Lipinski definition) is 6. The van der Waals surface area contributed by atoms with Crippen LogP contribution in [-0.4, -0.2) is 73.2 Å². The van der Waals surface area contributed by atoms with Crippen LogP contribution in [0.2, 0.25) is 0 Å². The Morgan fingerprint density at radius 1 is 0.500 bits per heavy atom. The monoisotopic (exact) mass is 386 g/mol. The summed E-state index contributed by atoms with van der Waals surface area (Å²) < 4.78 is 0. The van der Waals surface area contributed by atoms with Crippen LogP contribution in [0.4, 0.5) is 0 Å². The van der Waals surface area contributed by atoms with E-state index in [4.69, 9.17) is 20.0 Å². The summed E-state index contributed by atoms with van der Waals surface area (Å²) in [5.74, 6) is 0. The van der Waals surface area contributed by atoms with Crippen molar-refractivity contribution in [2.45, 2.75) is 90.4 Å². The highest BCUT2D eigenvalue weighted by Crippen LogP contribution is 2.17. The van der Waals surface area contributed by atoms with Crippen molar-refractivity contribution < 1.29 is 0 Å². The zero-order valence-corrected chi connectivity index (χ0v) is 18.2. The normalized spacial score (nSPS) is 33.6. The maximum atomic E-state index is 4.83. The van der Waals surface area contributed by atoms with E-state index in [1.165, 1.54) is 35.7 Å². The molecule has 156 valence electrons. The lowest BCUT2D eigenvalue weighted by molar-refractivity contribution is 0.425. The number of nitrogens with one attached hydrogen (secondary N) is 2. The van der Waals surface area contributed by atoms with Gasteiger partial charge in [0.1, 0.15) is 0 Å². The maximum absolute atomic E-state index is 4.83. The summed E-state index contributed by atoms with van der Waals surface area (Å²) in [6, 6.07) is 1.48. The highest BCUT2D eigenvalue weighted by atomic mass is 15.0. The molecule has 0 radical (unpaired) electrons. The van der Waals surface area contributed by atoms with E-state index in [1.807, 2.05) is 0 Å². The van der Waals surface area contributed by atoms with E-state index in [2.05, 4.69) is 38.3 Å². The molecule has 4 atom stereocenters. The molecule has 0 aromatic rings. The minimum Gasteiger partial charge on any atom is -0.301 e. The predicted molar refractivity (Wildman–Crippen MR) is 121 cm³/mol. The summed E-state index contributed by atoms with van der Waals surface area (Å²) in [6.07, 6.45) is 7.12. The van der Waals surface area contributed by atoms with E-state index < -0.39 is 0 Å². The molecule has 3 aliphatic rings. The molecule has 6 heteroatoms. The number of nitrogens with zero attached hydrogens (tertiary/aromatic N) is 4. The second-order valence-electron chi connectivity index (χ2n) is 8.50. The Balaban J connectivity index is 1.76. The van der Waals surface area contributed by atoms with Crippen LogP contribution in [-0.2, 0) is 0 Å². The topological polar surface area (TPSA) is 73.5 Å². The van der Waals surface area contributed by atoms with Gasteiger partial charge in [0.15, 0.2) is 0 Å². The van der Waals surface area contributed by atoms with Gasteiger partial charge in [0, 0.05) is 47.0 Å². The molecular formula is C22H38N6. The first kappa shape index (κ1) is 21.3. The lowest BCUT2D eigenvalue weighted by Crippen LogP contribution is -2.49. The number of rotatable bonds is 0. The molecule has 6 nitrogen and oxygen atoms in total. The minimum atomic E-state index is 0.369. The van der Waals surface area contributed by atoms with Crippen molar-refractivity contribution >= 4 is 22.8 Å². The molecule has 0 spiro atoms.